The predicted octanol–water partition coefficient (Wildman–Crippen LogP) is 3.36. The van der Waals surface area contributed by atoms with Crippen LogP contribution in [0.1, 0.15) is 29.6 Å². The maximum absolute atomic E-state index is 10.7. The van der Waals surface area contributed by atoms with Crippen LogP contribution in [0.4, 0.5) is 5.69 Å². The molecule has 1 fully saturated rings. The average molecular weight is 284 g/mol. The SMILES string of the molecule is O=C(O)c1ccc(NCC2CCC2)c(Br)c1. The molecule has 0 heterocycles. The molecule has 86 valence electrons. The molecule has 0 saturated heterocycles. The fourth-order valence-corrected chi connectivity index (χ4v) is 2.26. The Morgan fingerprint density at radius 3 is 2.75 bits per heavy atom. The van der Waals surface area contributed by atoms with E-state index >= 15 is 0 Å². The summed E-state index contributed by atoms with van der Waals surface area (Å²) in [6.07, 6.45) is 3.95. The van der Waals surface area contributed by atoms with Gasteiger partial charge in [0.05, 0.1) is 5.56 Å². The lowest BCUT2D eigenvalue weighted by Gasteiger charge is -2.26. The summed E-state index contributed by atoms with van der Waals surface area (Å²) >= 11 is 3.38. The highest BCUT2D eigenvalue weighted by Crippen LogP contribution is 2.28. The number of carboxylic acids is 1. The summed E-state index contributed by atoms with van der Waals surface area (Å²) in [5, 5.41) is 12.2. The minimum absolute atomic E-state index is 0.307. The van der Waals surface area contributed by atoms with Gasteiger partial charge in [0.1, 0.15) is 0 Å². The summed E-state index contributed by atoms with van der Waals surface area (Å²) in [6.45, 7) is 0.977. The van der Waals surface area contributed by atoms with Gasteiger partial charge in [-0.2, -0.15) is 0 Å². The van der Waals surface area contributed by atoms with E-state index in [2.05, 4.69) is 21.2 Å². The average Bonchev–Trinajstić information content (AvgIpc) is 2.17. The smallest absolute Gasteiger partial charge is 0.335 e. The Balaban J connectivity index is 2.00. The molecular formula is C12H14BrNO2. The predicted molar refractivity (Wildman–Crippen MR) is 66.9 cm³/mol. The van der Waals surface area contributed by atoms with Crippen molar-refractivity contribution in [1.82, 2.24) is 0 Å². The quantitative estimate of drug-likeness (QED) is 0.891. The molecule has 4 heteroatoms. The molecule has 1 aromatic rings. The Bertz CT molecular complexity index is 402. The highest BCUT2D eigenvalue weighted by molar-refractivity contribution is 9.10. The lowest BCUT2D eigenvalue weighted by atomic mass is 9.85. The first-order valence-electron chi connectivity index (χ1n) is 5.43. The van der Waals surface area contributed by atoms with Gasteiger partial charge in [0, 0.05) is 16.7 Å². The van der Waals surface area contributed by atoms with Crippen molar-refractivity contribution in [3.05, 3.63) is 28.2 Å². The molecule has 2 rings (SSSR count). The van der Waals surface area contributed by atoms with Gasteiger partial charge < -0.3 is 10.4 Å². The Labute approximate surface area is 103 Å². The van der Waals surface area contributed by atoms with Gasteiger partial charge in [0.25, 0.3) is 0 Å². The Kier molecular flexibility index (Phi) is 3.49. The van der Waals surface area contributed by atoms with Gasteiger partial charge in [-0.05, 0) is 52.9 Å². The molecular weight excluding hydrogens is 270 g/mol. The number of carboxylic acid groups (broad SMARTS) is 1. The van der Waals surface area contributed by atoms with Crippen molar-refractivity contribution in [2.75, 3.05) is 11.9 Å². The Hall–Kier alpha value is -1.03. The van der Waals surface area contributed by atoms with Crippen molar-refractivity contribution in [3.63, 3.8) is 0 Å². The second kappa shape index (κ2) is 4.87. The number of benzene rings is 1. The van der Waals surface area contributed by atoms with E-state index in [-0.39, 0.29) is 0 Å². The van der Waals surface area contributed by atoms with Gasteiger partial charge >= 0.3 is 5.97 Å². The zero-order valence-corrected chi connectivity index (χ0v) is 10.5. The molecule has 1 saturated carbocycles. The zero-order valence-electron chi connectivity index (χ0n) is 8.87. The van der Waals surface area contributed by atoms with Crippen LogP contribution in [0.2, 0.25) is 0 Å². The van der Waals surface area contributed by atoms with Crippen LogP contribution in [-0.2, 0) is 0 Å². The molecule has 0 amide bonds. The van der Waals surface area contributed by atoms with E-state index in [1.54, 1.807) is 12.1 Å². The van der Waals surface area contributed by atoms with Crippen LogP contribution in [-0.4, -0.2) is 17.6 Å². The van der Waals surface area contributed by atoms with E-state index < -0.39 is 5.97 Å². The molecule has 0 aromatic heterocycles. The number of hydrogen-bond donors (Lipinski definition) is 2. The minimum atomic E-state index is -0.897. The lowest BCUT2D eigenvalue weighted by Crippen LogP contribution is -2.21. The van der Waals surface area contributed by atoms with Crippen LogP contribution < -0.4 is 5.32 Å². The van der Waals surface area contributed by atoms with Gasteiger partial charge in [-0.1, -0.05) is 6.42 Å². The van der Waals surface area contributed by atoms with Crippen molar-refractivity contribution in [2.45, 2.75) is 19.3 Å². The Morgan fingerprint density at radius 1 is 1.50 bits per heavy atom. The first-order chi connectivity index (χ1) is 7.66. The number of hydrogen-bond acceptors (Lipinski definition) is 2. The molecule has 16 heavy (non-hydrogen) atoms. The monoisotopic (exact) mass is 283 g/mol. The number of carbonyl (C=O) groups is 1. The highest BCUT2D eigenvalue weighted by atomic mass is 79.9. The van der Waals surface area contributed by atoms with E-state index in [0.717, 1.165) is 22.6 Å². The number of nitrogens with one attached hydrogen (secondary N) is 1. The molecule has 1 aliphatic rings. The molecule has 0 unspecified atom stereocenters. The normalized spacial score (nSPS) is 15.6. The topological polar surface area (TPSA) is 49.3 Å². The number of rotatable bonds is 4. The molecule has 2 N–H and O–H groups in total. The maximum atomic E-state index is 10.7. The molecule has 0 spiro atoms. The zero-order chi connectivity index (χ0) is 11.5. The summed E-state index contributed by atoms with van der Waals surface area (Å²) in [4.78, 5) is 10.7. The van der Waals surface area contributed by atoms with Crippen LogP contribution in [0, 0.1) is 5.92 Å². The fourth-order valence-electron chi connectivity index (χ4n) is 1.74. The van der Waals surface area contributed by atoms with Gasteiger partial charge in [0.2, 0.25) is 0 Å². The van der Waals surface area contributed by atoms with Gasteiger partial charge in [-0.3, -0.25) is 0 Å². The largest absolute Gasteiger partial charge is 0.478 e. The van der Waals surface area contributed by atoms with Crippen LogP contribution in [0.3, 0.4) is 0 Å². The molecule has 0 aliphatic heterocycles. The fraction of sp³-hybridized carbons (Fsp3) is 0.417. The van der Waals surface area contributed by atoms with E-state index in [1.165, 1.54) is 19.3 Å². The minimum Gasteiger partial charge on any atom is -0.478 e. The van der Waals surface area contributed by atoms with E-state index in [9.17, 15) is 4.79 Å². The van der Waals surface area contributed by atoms with E-state index in [4.69, 9.17) is 5.11 Å². The standard InChI is InChI=1S/C12H14BrNO2/c13-10-6-9(12(15)16)4-5-11(10)14-7-8-2-1-3-8/h4-6,8,14H,1-3,7H2,(H,15,16). The van der Waals surface area contributed by atoms with Crippen molar-refractivity contribution in [3.8, 4) is 0 Å². The molecule has 3 nitrogen and oxygen atoms in total. The van der Waals surface area contributed by atoms with Crippen molar-refractivity contribution in [2.24, 2.45) is 5.92 Å². The first kappa shape index (κ1) is 11.5. The third kappa shape index (κ3) is 2.55. The van der Waals surface area contributed by atoms with Crippen LogP contribution >= 0.6 is 15.9 Å². The Morgan fingerprint density at radius 2 is 2.25 bits per heavy atom. The number of anilines is 1. The van der Waals surface area contributed by atoms with Crippen molar-refractivity contribution >= 4 is 27.6 Å². The molecule has 1 aliphatic carbocycles. The van der Waals surface area contributed by atoms with Gasteiger partial charge in [-0.25, -0.2) is 4.79 Å². The van der Waals surface area contributed by atoms with Gasteiger partial charge in [-0.15, -0.1) is 0 Å². The van der Waals surface area contributed by atoms with Gasteiger partial charge in [0.15, 0.2) is 0 Å². The van der Waals surface area contributed by atoms with Crippen LogP contribution in [0.15, 0.2) is 22.7 Å². The summed E-state index contributed by atoms with van der Waals surface area (Å²) in [6, 6.07) is 5.06. The maximum Gasteiger partial charge on any atom is 0.335 e. The highest BCUT2D eigenvalue weighted by Gasteiger charge is 2.17. The van der Waals surface area contributed by atoms with Crippen LogP contribution in [0.5, 0.6) is 0 Å². The molecule has 0 radical (unpaired) electrons. The third-order valence-corrected chi connectivity index (χ3v) is 3.68. The second-order valence-electron chi connectivity index (χ2n) is 4.18. The number of halogens is 1. The third-order valence-electron chi connectivity index (χ3n) is 3.02. The van der Waals surface area contributed by atoms with Crippen molar-refractivity contribution in [1.29, 1.82) is 0 Å². The van der Waals surface area contributed by atoms with E-state index in [0.29, 0.717) is 5.56 Å². The summed E-state index contributed by atoms with van der Waals surface area (Å²) in [5.74, 6) is -0.114. The number of aromatic carboxylic acids is 1. The van der Waals surface area contributed by atoms with Crippen molar-refractivity contribution < 1.29 is 9.90 Å². The van der Waals surface area contributed by atoms with E-state index in [1.807, 2.05) is 6.07 Å². The lowest BCUT2D eigenvalue weighted by molar-refractivity contribution is 0.0697. The molecule has 0 atom stereocenters. The van der Waals surface area contributed by atoms with Crippen LogP contribution in [0.25, 0.3) is 0 Å². The second-order valence-corrected chi connectivity index (χ2v) is 5.03. The molecule has 0 bridgehead atoms. The summed E-state index contributed by atoms with van der Waals surface area (Å²) < 4.78 is 0.812. The summed E-state index contributed by atoms with van der Waals surface area (Å²) in [5.41, 5.74) is 1.28. The molecule has 1 aromatic carbocycles. The first-order valence-corrected chi connectivity index (χ1v) is 6.23. The summed E-state index contributed by atoms with van der Waals surface area (Å²) in [7, 11) is 0.